The van der Waals surface area contributed by atoms with Crippen LogP contribution >= 0.6 is 11.8 Å². The summed E-state index contributed by atoms with van der Waals surface area (Å²) in [4.78, 5) is 30.6. The molecule has 2 aliphatic heterocycles. The first-order valence-electron chi connectivity index (χ1n) is 13.7. The minimum absolute atomic E-state index is 0.0183. The fourth-order valence-electron chi connectivity index (χ4n) is 5.62. The Morgan fingerprint density at radius 1 is 1.00 bits per heavy atom. The van der Waals surface area contributed by atoms with E-state index in [0.717, 1.165) is 41.3 Å². The Kier molecular flexibility index (Phi) is 7.38. The predicted octanol–water partition coefficient (Wildman–Crippen LogP) is 6.23. The van der Waals surface area contributed by atoms with Gasteiger partial charge in [-0.3, -0.25) is 14.5 Å². The predicted molar refractivity (Wildman–Crippen MR) is 157 cm³/mol. The molecule has 41 heavy (non-hydrogen) atoms. The first-order chi connectivity index (χ1) is 19.8. The minimum atomic E-state index is -0.694. The van der Waals surface area contributed by atoms with Gasteiger partial charge in [-0.25, -0.2) is 13.5 Å². The number of halogens is 2. The molecule has 1 fully saturated rings. The van der Waals surface area contributed by atoms with Crippen molar-refractivity contribution in [1.82, 2.24) is 14.7 Å². The summed E-state index contributed by atoms with van der Waals surface area (Å²) in [6.45, 7) is 5.18. The van der Waals surface area contributed by atoms with Crippen LogP contribution in [0.4, 0.5) is 14.6 Å². The molecule has 0 unspecified atom stereocenters. The van der Waals surface area contributed by atoms with E-state index in [2.05, 4.69) is 0 Å². The molecule has 0 radical (unpaired) electrons. The molecular formula is C32H30F2N4O2S. The number of fused-ring (bicyclic) bond motifs is 1. The summed E-state index contributed by atoms with van der Waals surface area (Å²) in [6.07, 6.45) is 1.87. The summed E-state index contributed by atoms with van der Waals surface area (Å²) in [5.41, 5.74) is 5.03. The number of rotatable bonds is 5. The van der Waals surface area contributed by atoms with Crippen molar-refractivity contribution >= 4 is 29.4 Å². The highest BCUT2D eigenvalue weighted by atomic mass is 32.2. The van der Waals surface area contributed by atoms with Crippen LogP contribution < -0.4 is 4.90 Å². The molecule has 2 amide bonds. The van der Waals surface area contributed by atoms with Gasteiger partial charge < -0.3 is 4.90 Å². The minimum Gasteiger partial charge on any atom is -0.341 e. The zero-order valence-electron chi connectivity index (χ0n) is 22.9. The number of aromatic nitrogens is 2. The van der Waals surface area contributed by atoms with E-state index >= 15 is 4.39 Å². The smallest absolute Gasteiger partial charge is 0.242 e. The van der Waals surface area contributed by atoms with Gasteiger partial charge in [0.25, 0.3) is 0 Å². The monoisotopic (exact) mass is 572 g/mol. The van der Waals surface area contributed by atoms with E-state index in [1.165, 1.54) is 28.8 Å². The van der Waals surface area contributed by atoms with Gasteiger partial charge in [-0.05, 0) is 49.9 Å². The van der Waals surface area contributed by atoms with Crippen LogP contribution in [0.5, 0.6) is 0 Å². The lowest BCUT2D eigenvalue weighted by Crippen LogP contribution is -2.43. The highest BCUT2D eigenvalue weighted by molar-refractivity contribution is 8.00. The fourth-order valence-corrected chi connectivity index (χ4v) is 6.84. The van der Waals surface area contributed by atoms with Gasteiger partial charge in [0.1, 0.15) is 24.0 Å². The molecule has 3 heterocycles. The number of likely N-dealkylation sites (tertiary alicyclic amines) is 1. The lowest BCUT2D eigenvalue weighted by atomic mass is 9.99. The highest BCUT2D eigenvalue weighted by Gasteiger charge is 2.39. The van der Waals surface area contributed by atoms with Gasteiger partial charge in [-0.15, -0.1) is 11.8 Å². The highest BCUT2D eigenvalue weighted by Crippen LogP contribution is 2.49. The number of hydrogen-bond donors (Lipinski definition) is 0. The molecule has 0 N–H and O–H groups in total. The van der Waals surface area contributed by atoms with Crippen molar-refractivity contribution in [3.63, 3.8) is 0 Å². The van der Waals surface area contributed by atoms with E-state index in [1.807, 2.05) is 62.4 Å². The largest absolute Gasteiger partial charge is 0.341 e. The van der Waals surface area contributed by atoms with Gasteiger partial charge in [0, 0.05) is 35.8 Å². The summed E-state index contributed by atoms with van der Waals surface area (Å²) >= 11 is 1.26. The summed E-state index contributed by atoms with van der Waals surface area (Å²) in [5, 5.41) is 4.41. The molecule has 0 aliphatic carbocycles. The van der Waals surface area contributed by atoms with Gasteiger partial charge in [-0.1, -0.05) is 48.5 Å². The first kappa shape index (κ1) is 27.2. The van der Waals surface area contributed by atoms with Crippen molar-refractivity contribution in [2.75, 3.05) is 30.3 Å². The number of amides is 2. The normalized spacial score (nSPS) is 17.1. The molecule has 1 atom stereocenters. The molecule has 1 saturated heterocycles. The average Bonchev–Trinajstić information content (AvgIpc) is 3.61. The number of nitrogens with zero attached hydrogens (tertiary/aromatic N) is 4. The molecule has 0 bridgehead atoms. The third kappa shape index (κ3) is 5.03. The topological polar surface area (TPSA) is 58.4 Å². The second-order valence-electron chi connectivity index (χ2n) is 10.5. The van der Waals surface area contributed by atoms with E-state index in [9.17, 15) is 14.0 Å². The SMILES string of the molecule is Cc1cccc(-n2nc(-c3ccccc3)c3c2N(CC(=O)N2CCCC2)C(=O)CS[C@@H]3c2ccc(F)cc2F)c1C. The van der Waals surface area contributed by atoms with Gasteiger partial charge in [0.05, 0.1) is 22.4 Å². The van der Waals surface area contributed by atoms with Crippen LogP contribution in [0, 0.1) is 25.5 Å². The molecule has 2 aliphatic rings. The number of aryl methyl sites for hydroxylation is 1. The second kappa shape index (κ2) is 11.1. The Morgan fingerprint density at radius 3 is 2.49 bits per heavy atom. The van der Waals surface area contributed by atoms with Crippen molar-refractivity contribution in [3.8, 4) is 16.9 Å². The number of anilines is 1. The third-order valence-electron chi connectivity index (χ3n) is 7.94. The Bertz CT molecular complexity index is 1630. The van der Waals surface area contributed by atoms with Crippen molar-refractivity contribution in [3.05, 3.63) is 101 Å². The Hall–Kier alpha value is -3.98. The zero-order chi connectivity index (χ0) is 28.7. The first-order valence-corrected chi connectivity index (χ1v) is 14.8. The molecular weight excluding hydrogens is 542 g/mol. The number of carbonyl (C=O) groups is 2. The molecule has 4 aromatic rings. The Labute approximate surface area is 242 Å². The number of hydrogen-bond acceptors (Lipinski definition) is 4. The number of thioether (sulfide) groups is 1. The van der Waals surface area contributed by atoms with Crippen molar-refractivity contribution in [2.24, 2.45) is 0 Å². The van der Waals surface area contributed by atoms with Gasteiger partial charge in [0.2, 0.25) is 11.8 Å². The number of carbonyl (C=O) groups excluding carboxylic acids is 2. The Morgan fingerprint density at radius 2 is 1.76 bits per heavy atom. The molecule has 210 valence electrons. The maximum Gasteiger partial charge on any atom is 0.242 e. The summed E-state index contributed by atoms with van der Waals surface area (Å²) in [7, 11) is 0. The average molecular weight is 573 g/mol. The third-order valence-corrected chi connectivity index (χ3v) is 9.17. The fraction of sp³-hybridized carbons (Fsp3) is 0.281. The van der Waals surface area contributed by atoms with Crippen LogP contribution in [0.25, 0.3) is 16.9 Å². The van der Waals surface area contributed by atoms with Crippen LogP contribution in [0.1, 0.15) is 40.3 Å². The van der Waals surface area contributed by atoms with Gasteiger partial charge in [-0.2, -0.15) is 5.10 Å². The van der Waals surface area contributed by atoms with E-state index in [4.69, 9.17) is 5.10 Å². The van der Waals surface area contributed by atoms with Crippen LogP contribution in [-0.2, 0) is 9.59 Å². The molecule has 0 spiro atoms. The van der Waals surface area contributed by atoms with E-state index in [0.29, 0.717) is 30.2 Å². The second-order valence-corrected chi connectivity index (χ2v) is 11.6. The van der Waals surface area contributed by atoms with Crippen molar-refractivity contribution < 1.29 is 18.4 Å². The molecule has 0 saturated carbocycles. The van der Waals surface area contributed by atoms with Crippen LogP contribution in [0.3, 0.4) is 0 Å². The van der Waals surface area contributed by atoms with Crippen LogP contribution in [0.2, 0.25) is 0 Å². The summed E-state index contributed by atoms with van der Waals surface area (Å²) in [6, 6.07) is 18.9. The van der Waals surface area contributed by atoms with E-state index < -0.39 is 16.9 Å². The van der Waals surface area contributed by atoms with Crippen molar-refractivity contribution in [1.29, 1.82) is 0 Å². The van der Waals surface area contributed by atoms with E-state index in [1.54, 1.807) is 9.58 Å². The summed E-state index contributed by atoms with van der Waals surface area (Å²) in [5.74, 6) is -1.30. The summed E-state index contributed by atoms with van der Waals surface area (Å²) < 4.78 is 31.1. The molecule has 6 rings (SSSR count). The number of benzene rings is 3. The van der Waals surface area contributed by atoms with Crippen LogP contribution in [0.15, 0.2) is 66.7 Å². The lowest BCUT2D eigenvalue weighted by molar-refractivity contribution is -0.130. The molecule has 1 aromatic heterocycles. The quantitative estimate of drug-likeness (QED) is 0.285. The van der Waals surface area contributed by atoms with Crippen LogP contribution in [-0.4, -0.2) is 51.9 Å². The molecule has 9 heteroatoms. The van der Waals surface area contributed by atoms with Crippen molar-refractivity contribution in [2.45, 2.75) is 31.9 Å². The Balaban J connectivity index is 1.64. The maximum atomic E-state index is 15.4. The molecule has 3 aromatic carbocycles. The molecule has 6 nitrogen and oxygen atoms in total. The van der Waals surface area contributed by atoms with E-state index in [-0.39, 0.29) is 29.7 Å². The van der Waals surface area contributed by atoms with Gasteiger partial charge >= 0.3 is 0 Å². The lowest BCUT2D eigenvalue weighted by Gasteiger charge is -2.26. The zero-order valence-corrected chi connectivity index (χ0v) is 23.8. The standard InChI is InChI=1S/C32H30F2N4O2S/c1-20-9-8-12-26(21(20)2)38-32-29(30(35-38)22-10-4-3-5-11-22)31(24-14-13-23(33)17-25(24)34)41-19-28(40)37(32)18-27(39)36-15-6-7-16-36/h3-5,8-14,17,31H,6-7,15-16,18-19H2,1-2H3/t31-/m1/s1. The maximum absolute atomic E-state index is 15.4. The van der Waals surface area contributed by atoms with Gasteiger partial charge in [0.15, 0.2) is 0 Å².